The third-order valence-electron chi connectivity index (χ3n) is 2.13. The Labute approximate surface area is 91.9 Å². The lowest BCUT2D eigenvalue weighted by Crippen LogP contribution is -1.98. The molecule has 0 radical (unpaired) electrons. The third-order valence-corrected chi connectivity index (χ3v) is 2.57. The molecule has 6 nitrogen and oxygen atoms in total. The number of hydrogen-bond donors (Lipinski definition) is 1. The van der Waals surface area contributed by atoms with E-state index in [4.69, 9.17) is 12.2 Å². The molecule has 0 amide bonds. The number of aryl methyl sites for hydroxylation is 2. The zero-order valence-corrected chi connectivity index (χ0v) is 9.45. The average molecular weight is 224 g/mol. The first-order valence-corrected chi connectivity index (χ1v) is 5.23. The van der Waals surface area contributed by atoms with Crippen LogP contribution in [0.15, 0.2) is 6.20 Å². The molecular formula is C8H12N6S. The molecule has 2 aromatic heterocycles. The highest BCUT2D eigenvalue weighted by molar-refractivity contribution is 7.71. The molecule has 0 aliphatic rings. The summed E-state index contributed by atoms with van der Waals surface area (Å²) in [5.41, 5.74) is 0.826. The van der Waals surface area contributed by atoms with Crippen molar-refractivity contribution in [3.63, 3.8) is 0 Å². The summed E-state index contributed by atoms with van der Waals surface area (Å²) in [5.74, 6) is 0.574. The lowest BCUT2D eigenvalue weighted by molar-refractivity contribution is 0.552. The van der Waals surface area contributed by atoms with Gasteiger partial charge < -0.3 is 5.10 Å². The second-order valence-electron chi connectivity index (χ2n) is 3.04. The number of nitrogens with one attached hydrogen (secondary N) is 1. The first-order chi connectivity index (χ1) is 7.26. The van der Waals surface area contributed by atoms with E-state index in [0.717, 1.165) is 12.1 Å². The zero-order chi connectivity index (χ0) is 10.8. The van der Waals surface area contributed by atoms with Gasteiger partial charge in [0.25, 0.3) is 0 Å². The molecular weight excluding hydrogens is 212 g/mol. The topological polar surface area (TPSA) is 64.3 Å². The maximum atomic E-state index is 5.27. The standard InChI is InChI=1S/C8H12N6S/c1-3-13-8(15)6(5-9-13)7-10-12-14(4-2)11-7/h5,9H,3-4H2,1-2H3. The van der Waals surface area contributed by atoms with Crippen LogP contribution in [0.3, 0.4) is 0 Å². The number of aromatic nitrogens is 6. The van der Waals surface area contributed by atoms with Gasteiger partial charge in [-0.15, -0.1) is 10.2 Å². The van der Waals surface area contributed by atoms with Gasteiger partial charge in [0, 0.05) is 12.7 Å². The molecule has 2 rings (SSSR count). The van der Waals surface area contributed by atoms with Crippen molar-refractivity contribution >= 4 is 12.2 Å². The van der Waals surface area contributed by atoms with Crippen molar-refractivity contribution in [2.75, 3.05) is 0 Å². The van der Waals surface area contributed by atoms with Gasteiger partial charge in [0.2, 0.25) is 5.82 Å². The predicted octanol–water partition coefficient (Wildman–Crippen LogP) is 1.24. The number of aromatic amines is 1. The lowest BCUT2D eigenvalue weighted by Gasteiger charge is -1.93. The van der Waals surface area contributed by atoms with Gasteiger partial charge in [-0.1, -0.05) is 12.2 Å². The molecule has 0 aliphatic carbocycles. The Hall–Kier alpha value is -1.50. The Morgan fingerprint density at radius 2 is 2.20 bits per heavy atom. The molecule has 2 heterocycles. The third kappa shape index (κ3) is 1.70. The number of nitrogens with zero attached hydrogens (tertiary/aromatic N) is 5. The van der Waals surface area contributed by atoms with Gasteiger partial charge in [-0.05, 0) is 19.1 Å². The highest BCUT2D eigenvalue weighted by Crippen LogP contribution is 2.14. The van der Waals surface area contributed by atoms with Gasteiger partial charge in [0.15, 0.2) is 0 Å². The minimum Gasteiger partial charge on any atom is -0.304 e. The summed E-state index contributed by atoms with van der Waals surface area (Å²) in [5, 5.41) is 15.1. The molecule has 15 heavy (non-hydrogen) atoms. The first-order valence-electron chi connectivity index (χ1n) is 4.82. The van der Waals surface area contributed by atoms with Gasteiger partial charge in [0.1, 0.15) is 4.64 Å². The molecule has 0 spiro atoms. The van der Waals surface area contributed by atoms with Crippen LogP contribution in [0.1, 0.15) is 13.8 Å². The van der Waals surface area contributed by atoms with Gasteiger partial charge in [0.05, 0.1) is 12.1 Å². The van der Waals surface area contributed by atoms with Crippen molar-refractivity contribution in [3.05, 3.63) is 10.8 Å². The molecule has 0 saturated heterocycles. The highest BCUT2D eigenvalue weighted by Gasteiger charge is 2.09. The molecule has 0 unspecified atom stereocenters. The molecule has 0 bridgehead atoms. The van der Waals surface area contributed by atoms with E-state index in [-0.39, 0.29) is 0 Å². The Bertz CT molecular complexity index is 507. The predicted molar refractivity (Wildman–Crippen MR) is 57.8 cm³/mol. The van der Waals surface area contributed by atoms with Crippen LogP contribution < -0.4 is 0 Å². The van der Waals surface area contributed by atoms with E-state index in [0.29, 0.717) is 17.0 Å². The average Bonchev–Trinajstić information content (AvgIpc) is 2.83. The number of H-pyrrole nitrogens is 1. The van der Waals surface area contributed by atoms with Crippen molar-refractivity contribution in [1.29, 1.82) is 0 Å². The van der Waals surface area contributed by atoms with Crippen LogP contribution in [0.4, 0.5) is 0 Å². The molecule has 0 atom stereocenters. The van der Waals surface area contributed by atoms with Crippen molar-refractivity contribution < 1.29 is 0 Å². The van der Waals surface area contributed by atoms with Crippen LogP contribution >= 0.6 is 12.2 Å². The normalized spacial score (nSPS) is 10.8. The molecule has 2 aromatic rings. The van der Waals surface area contributed by atoms with E-state index in [1.165, 1.54) is 4.80 Å². The van der Waals surface area contributed by atoms with E-state index in [9.17, 15) is 0 Å². The Kier molecular flexibility index (Phi) is 2.63. The molecule has 0 aliphatic heterocycles. The summed E-state index contributed by atoms with van der Waals surface area (Å²) in [6.45, 7) is 5.49. The van der Waals surface area contributed by atoms with E-state index < -0.39 is 0 Å². The smallest absolute Gasteiger partial charge is 0.209 e. The van der Waals surface area contributed by atoms with E-state index in [2.05, 4.69) is 20.5 Å². The molecule has 0 aromatic carbocycles. The maximum absolute atomic E-state index is 5.27. The molecule has 7 heteroatoms. The minimum absolute atomic E-state index is 0.574. The van der Waals surface area contributed by atoms with Gasteiger partial charge in [-0.2, -0.15) is 4.80 Å². The summed E-state index contributed by atoms with van der Waals surface area (Å²) >= 11 is 5.27. The van der Waals surface area contributed by atoms with Crippen molar-refractivity contribution in [3.8, 4) is 11.4 Å². The lowest BCUT2D eigenvalue weighted by atomic mass is 10.3. The van der Waals surface area contributed by atoms with Crippen molar-refractivity contribution in [2.24, 2.45) is 0 Å². The quantitative estimate of drug-likeness (QED) is 0.797. The van der Waals surface area contributed by atoms with Crippen LogP contribution in [0.25, 0.3) is 11.4 Å². The largest absolute Gasteiger partial charge is 0.304 e. The van der Waals surface area contributed by atoms with Crippen molar-refractivity contribution in [1.82, 2.24) is 30.0 Å². The fraction of sp³-hybridized carbons (Fsp3) is 0.500. The van der Waals surface area contributed by atoms with Crippen molar-refractivity contribution in [2.45, 2.75) is 26.9 Å². The minimum atomic E-state index is 0.574. The highest BCUT2D eigenvalue weighted by atomic mass is 32.1. The SMILES string of the molecule is CCn1nnc(-c2c[nH]n(CC)c2=S)n1. The van der Waals surface area contributed by atoms with Gasteiger partial charge in [-0.25, -0.2) is 0 Å². The van der Waals surface area contributed by atoms with Crippen LogP contribution in [0.5, 0.6) is 0 Å². The maximum Gasteiger partial charge on any atom is 0.209 e. The summed E-state index contributed by atoms with van der Waals surface area (Å²) in [6.07, 6.45) is 1.81. The number of rotatable bonds is 3. The van der Waals surface area contributed by atoms with Gasteiger partial charge >= 0.3 is 0 Å². The fourth-order valence-corrected chi connectivity index (χ4v) is 1.62. The zero-order valence-electron chi connectivity index (χ0n) is 8.64. The van der Waals surface area contributed by atoms with Gasteiger partial charge in [-0.3, -0.25) is 4.68 Å². The van der Waals surface area contributed by atoms with E-state index >= 15 is 0 Å². The van der Waals surface area contributed by atoms with Crippen LogP contribution in [0.2, 0.25) is 0 Å². The Morgan fingerprint density at radius 1 is 1.40 bits per heavy atom. The Morgan fingerprint density at radius 3 is 2.73 bits per heavy atom. The summed E-state index contributed by atoms with van der Waals surface area (Å²) in [4.78, 5) is 1.54. The summed E-state index contributed by atoms with van der Waals surface area (Å²) < 4.78 is 2.57. The monoisotopic (exact) mass is 224 g/mol. The molecule has 0 saturated carbocycles. The summed E-state index contributed by atoms with van der Waals surface area (Å²) in [7, 11) is 0. The Balaban J connectivity index is 2.45. The second kappa shape index (κ2) is 3.93. The van der Waals surface area contributed by atoms with Crippen LogP contribution in [-0.2, 0) is 13.1 Å². The molecule has 1 N–H and O–H groups in total. The van der Waals surface area contributed by atoms with E-state index in [1.54, 1.807) is 0 Å². The van der Waals surface area contributed by atoms with Crippen LogP contribution in [-0.4, -0.2) is 30.0 Å². The number of tetrazole rings is 1. The first kappa shape index (κ1) is 10.0. The molecule has 0 fully saturated rings. The fourth-order valence-electron chi connectivity index (χ4n) is 1.29. The molecule has 80 valence electrons. The van der Waals surface area contributed by atoms with E-state index in [1.807, 2.05) is 24.7 Å². The summed E-state index contributed by atoms with van der Waals surface area (Å²) in [6, 6.07) is 0. The van der Waals surface area contributed by atoms with Crippen LogP contribution in [0, 0.1) is 4.64 Å². The second-order valence-corrected chi connectivity index (χ2v) is 3.42. The number of hydrogen-bond acceptors (Lipinski definition) is 4.